The van der Waals surface area contributed by atoms with Crippen LogP contribution < -0.4 is 10.6 Å². The molecule has 2 fully saturated rings. The molecule has 2 aliphatic heterocycles. The highest BCUT2D eigenvalue weighted by Gasteiger charge is 2.43. The summed E-state index contributed by atoms with van der Waals surface area (Å²) in [5.41, 5.74) is -2.04. The lowest BCUT2D eigenvalue weighted by Crippen LogP contribution is -2.64. The lowest BCUT2D eigenvalue weighted by Gasteiger charge is -2.47. The van der Waals surface area contributed by atoms with E-state index in [0.29, 0.717) is 51.0 Å². The van der Waals surface area contributed by atoms with Crippen molar-refractivity contribution in [2.24, 2.45) is 4.99 Å². The Bertz CT molecular complexity index is 922. The number of hydrogen-bond donors (Lipinski definition) is 3. The minimum absolute atomic E-state index is 0.0497. The molecule has 1 saturated carbocycles. The number of benzene rings is 1. The van der Waals surface area contributed by atoms with E-state index in [4.69, 9.17) is 4.74 Å². The molecule has 8 nitrogen and oxygen atoms in total. The van der Waals surface area contributed by atoms with E-state index in [2.05, 4.69) is 20.5 Å². The summed E-state index contributed by atoms with van der Waals surface area (Å²) in [6, 6.07) is 4.33. The molecular formula is C22H27F3N4O4. The number of aliphatic imine (C=N–C) groups is 1. The van der Waals surface area contributed by atoms with E-state index in [1.807, 2.05) is 0 Å². The van der Waals surface area contributed by atoms with Gasteiger partial charge in [-0.25, -0.2) is 4.99 Å². The fraction of sp³-hybridized carbons (Fsp3) is 0.591. The number of nitrogens with one attached hydrogen (secondary N) is 2. The Labute approximate surface area is 189 Å². The topological polar surface area (TPSA) is 103 Å². The molecule has 2 heterocycles. The summed E-state index contributed by atoms with van der Waals surface area (Å²) >= 11 is 0. The van der Waals surface area contributed by atoms with E-state index in [9.17, 15) is 27.9 Å². The van der Waals surface area contributed by atoms with Crippen molar-refractivity contribution < 1.29 is 32.6 Å². The molecule has 1 aliphatic carbocycles. The van der Waals surface area contributed by atoms with Crippen molar-refractivity contribution in [2.75, 3.05) is 32.8 Å². The molecule has 0 unspecified atom stereocenters. The molecule has 2 amide bonds. The van der Waals surface area contributed by atoms with Crippen LogP contribution >= 0.6 is 0 Å². The summed E-state index contributed by atoms with van der Waals surface area (Å²) in [5, 5.41) is 15.9. The van der Waals surface area contributed by atoms with Crippen molar-refractivity contribution in [1.29, 1.82) is 0 Å². The Kier molecular flexibility index (Phi) is 6.62. The Morgan fingerprint density at radius 3 is 2.61 bits per heavy atom. The number of aliphatic hydroxyl groups is 1. The monoisotopic (exact) mass is 468 g/mol. The number of carbonyl (C=O) groups excluding carboxylic acids is 2. The Hall–Kier alpha value is -2.66. The van der Waals surface area contributed by atoms with Gasteiger partial charge in [-0.2, -0.15) is 13.2 Å². The number of hydrogen-bond acceptors (Lipinski definition) is 6. The van der Waals surface area contributed by atoms with Crippen LogP contribution in [0.25, 0.3) is 0 Å². The average molecular weight is 468 g/mol. The lowest BCUT2D eigenvalue weighted by molar-refractivity contribution is -0.137. The highest BCUT2D eigenvalue weighted by atomic mass is 19.4. The van der Waals surface area contributed by atoms with E-state index in [0.717, 1.165) is 31.0 Å². The molecule has 0 bridgehead atoms. The first kappa shape index (κ1) is 23.5. The van der Waals surface area contributed by atoms with Gasteiger partial charge in [0, 0.05) is 24.7 Å². The first-order valence-electron chi connectivity index (χ1n) is 11.0. The summed E-state index contributed by atoms with van der Waals surface area (Å²) in [4.78, 5) is 30.7. The number of nitrogens with zero attached hydrogens (tertiary/aromatic N) is 2. The van der Waals surface area contributed by atoms with Gasteiger partial charge in [-0.15, -0.1) is 0 Å². The fourth-order valence-corrected chi connectivity index (χ4v) is 4.56. The predicted molar refractivity (Wildman–Crippen MR) is 113 cm³/mol. The summed E-state index contributed by atoms with van der Waals surface area (Å²) in [6.07, 6.45) is -1.74. The molecule has 0 radical (unpaired) electrons. The molecule has 33 heavy (non-hydrogen) atoms. The molecule has 3 N–H and O–H groups in total. The van der Waals surface area contributed by atoms with Gasteiger partial charge in [0.1, 0.15) is 12.2 Å². The molecule has 0 atom stereocenters. The second-order valence-electron chi connectivity index (χ2n) is 8.78. The van der Waals surface area contributed by atoms with E-state index >= 15 is 0 Å². The lowest BCUT2D eigenvalue weighted by atomic mass is 9.80. The van der Waals surface area contributed by atoms with Crippen LogP contribution in [0.4, 0.5) is 13.2 Å². The van der Waals surface area contributed by atoms with Gasteiger partial charge in [-0.05, 0) is 43.9 Å². The molecule has 0 aromatic heterocycles. The summed E-state index contributed by atoms with van der Waals surface area (Å²) < 4.78 is 43.8. The molecule has 11 heteroatoms. The van der Waals surface area contributed by atoms with Crippen LogP contribution in [0.15, 0.2) is 29.3 Å². The minimum atomic E-state index is -4.54. The van der Waals surface area contributed by atoms with E-state index < -0.39 is 29.2 Å². The SMILES string of the molecule is O=C(CNC(=O)c1cccc(C(F)(F)F)c1)NC1CN(C2CCC(O)(C3=NCCO3)CC2)C1. The molecule has 1 aromatic rings. The van der Waals surface area contributed by atoms with Gasteiger partial charge in [-0.3, -0.25) is 14.5 Å². The highest BCUT2D eigenvalue weighted by molar-refractivity contribution is 5.96. The molecule has 1 saturated heterocycles. The number of likely N-dealkylation sites (tertiary alicyclic amines) is 1. The summed E-state index contributed by atoms with van der Waals surface area (Å²) in [5.74, 6) is -0.673. The van der Waals surface area contributed by atoms with E-state index in [1.54, 1.807) is 0 Å². The number of rotatable bonds is 6. The zero-order valence-corrected chi connectivity index (χ0v) is 18.0. The molecule has 3 aliphatic rings. The van der Waals surface area contributed by atoms with E-state index in [1.165, 1.54) is 6.07 Å². The maximum atomic E-state index is 12.8. The molecular weight excluding hydrogens is 441 g/mol. The zero-order chi connectivity index (χ0) is 23.6. The zero-order valence-electron chi connectivity index (χ0n) is 18.0. The molecule has 4 rings (SSSR count). The Morgan fingerprint density at radius 1 is 1.24 bits per heavy atom. The van der Waals surface area contributed by atoms with Gasteiger partial charge < -0.3 is 20.5 Å². The van der Waals surface area contributed by atoms with Gasteiger partial charge in [0.05, 0.1) is 24.7 Å². The molecule has 1 aromatic carbocycles. The van der Waals surface area contributed by atoms with Gasteiger partial charge in [-0.1, -0.05) is 6.07 Å². The van der Waals surface area contributed by atoms with Crippen LogP contribution in [0.2, 0.25) is 0 Å². The maximum Gasteiger partial charge on any atom is 0.416 e. The van der Waals surface area contributed by atoms with Crippen molar-refractivity contribution in [3.05, 3.63) is 35.4 Å². The first-order valence-corrected chi connectivity index (χ1v) is 11.0. The third-order valence-electron chi connectivity index (χ3n) is 6.42. The van der Waals surface area contributed by atoms with Crippen LogP contribution in [-0.4, -0.2) is 78.2 Å². The number of alkyl halides is 3. The van der Waals surface area contributed by atoms with Crippen LogP contribution in [0.5, 0.6) is 0 Å². The summed E-state index contributed by atoms with van der Waals surface area (Å²) in [7, 11) is 0. The van der Waals surface area contributed by atoms with Gasteiger partial charge in [0.15, 0.2) is 0 Å². The van der Waals surface area contributed by atoms with E-state index in [-0.39, 0.29) is 18.2 Å². The number of carbonyl (C=O) groups is 2. The maximum absolute atomic E-state index is 12.8. The van der Waals surface area contributed by atoms with Crippen LogP contribution in [0.1, 0.15) is 41.6 Å². The van der Waals surface area contributed by atoms with Gasteiger partial charge >= 0.3 is 6.18 Å². The summed E-state index contributed by atoms with van der Waals surface area (Å²) in [6.45, 7) is 2.15. The smallest absolute Gasteiger partial charge is 0.416 e. The quantitative estimate of drug-likeness (QED) is 0.585. The Morgan fingerprint density at radius 2 is 1.97 bits per heavy atom. The van der Waals surface area contributed by atoms with Crippen molar-refractivity contribution in [3.63, 3.8) is 0 Å². The molecule has 180 valence electrons. The number of halogens is 3. The normalized spacial score (nSPS) is 26.2. The standard InChI is InChI=1S/C22H27F3N4O4/c23-22(24,25)15-3-1-2-14(10-15)19(31)27-11-18(30)28-16-12-29(13-16)17-4-6-21(32,7-5-17)20-26-8-9-33-20/h1-3,10,16-17,32H,4-9,11-13H2,(H,27,31)(H,28,30). The first-order chi connectivity index (χ1) is 15.6. The minimum Gasteiger partial charge on any atom is -0.477 e. The van der Waals surface area contributed by atoms with Gasteiger partial charge in [0.25, 0.3) is 5.91 Å². The second kappa shape index (κ2) is 9.30. The third-order valence-corrected chi connectivity index (χ3v) is 6.42. The van der Waals surface area contributed by atoms with Crippen molar-refractivity contribution >= 4 is 17.7 Å². The van der Waals surface area contributed by atoms with Crippen molar-refractivity contribution in [1.82, 2.24) is 15.5 Å². The van der Waals surface area contributed by atoms with Crippen LogP contribution in [-0.2, 0) is 15.7 Å². The number of amides is 2. The molecule has 0 spiro atoms. The second-order valence-corrected chi connectivity index (χ2v) is 8.78. The van der Waals surface area contributed by atoms with Crippen LogP contribution in [0, 0.1) is 0 Å². The highest BCUT2D eigenvalue weighted by Crippen LogP contribution is 2.35. The van der Waals surface area contributed by atoms with Crippen molar-refractivity contribution in [3.8, 4) is 0 Å². The van der Waals surface area contributed by atoms with Gasteiger partial charge in [0.2, 0.25) is 11.8 Å². The largest absolute Gasteiger partial charge is 0.477 e. The fourth-order valence-electron chi connectivity index (χ4n) is 4.56. The van der Waals surface area contributed by atoms with Crippen LogP contribution in [0.3, 0.4) is 0 Å². The predicted octanol–water partition coefficient (Wildman–Crippen LogP) is 1.34. The number of ether oxygens (including phenoxy) is 1. The Balaban J connectivity index is 1.16. The third kappa shape index (κ3) is 5.47. The average Bonchev–Trinajstić information content (AvgIpc) is 3.31. The van der Waals surface area contributed by atoms with Crippen molar-refractivity contribution in [2.45, 2.75) is 49.5 Å².